The van der Waals surface area contributed by atoms with Gasteiger partial charge in [-0.05, 0) is 32.2 Å². The van der Waals surface area contributed by atoms with Crippen LogP contribution in [-0.2, 0) is 9.59 Å². The first kappa shape index (κ1) is 13.6. The molecule has 1 unspecified atom stereocenters. The van der Waals surface area contributed by atoms with Gasteiger partial charge in [0.2, 0.25) is 5.91 Å². The van der Waals surface area contributed by atoms with Crippen LogP contribution in [0.25, 0.3) is 0 Å². The third kappa shape index (κ3) is 2.46. The number of carboxylic acids is 1. The van der Waals surface area contributed by atoms with E-state index in [0.717, 1.165) is 32.6 Å². The van der Waals surface area contributed by atoms with Gasteiger partial charge in [-0.15, -0.1) is 0 Å². The first-order chi connectivity index (χ1) is 9.66. The van der Waals surface area contributed by atoms with Gasteiger partial charge in [-0.25, -0.2) is 0 Å². The number of hydrogen-bond donors (Lipinski definition) is 1. The summed E-state index contributed by atoms with van der Waals surface area (Å²) in [5.74, 6) is -1.71. The van der Waals surface area contributed by atoms with Crippen LogP contribution in [0.15, 0.2) is 12.2 Å². The number of nitrogens with zero attached hydrogens (tertiary/aromatic N) is 2. The summed E-state index contributed by atoms with van der Waals surface area (Å²) in [6.07, 6.45) is 7.27. The van der Waals surface area contributed by atoms with Crippen molar-refractivity contribution in [2.45, 2.75) is 31.7 Å². The zero-order valence-corrected chi connectivity index (χ0v) is 11.7. The SMILES string of the molecule is O=C(O)[C@H]1CC=CC[C@H]1C(=O)N1CCN2CCCC2C1. The van der Waals surface area contributed by atoms with Crippen molar-refractivity contribution < 1.29 is 14.7 Å². The number of fused-ring (bicyclic) bond motifs is 1. The zero-order valence-electron chi connectivity index (χ0n) is 11.7. The molecule has 3 rings (SSSR count). The number of allylic oxidation sites excluding steroid dienone is 2. The molecular weight excluding hydrogens is 256 g/mol. The molecule has 2 heterocycles. The lowest BCUT2D eigenvalue weighted by atomic mass is 9.82. The Labute approximate surface area is 119 Å². The van der Waals surface area contributed by atoms with Crippen molar-refractivity contribution in [2.24, 2.45) is 11.8 Å². The highest BCUT2D eigenvalue weighted by Crippen LogP contribution is 2.29. The number of carboxylic acid groups (broad SMARTS) is 1. The fourth-order valence-corrected chi connectivity index (χ4v) is 3.79. The van der Waals surface area contributed by atoms with Crippen LogP contribution in [0.1, 0.15) is 25.7 Å². The molecule has 0 saturated carbocycles. The summed E-state index contributed by atoms with van der Waals surface area (Å²) in [6.45, 7) is 3.63. The van der Waals surface area contributed by atoms with Gasteiger partial charge >= 0.3 is 5.97 Å². The highest BCUT2D eigenvalue weighted by atomic mass is 16.4. The van der Waals surface area contributed by atoms with Crippen molar-refractivity contribution >= 4 is 11.9 Å². The van der Waals surface area contributed by atoms with Crippen molar-refractivity contribution in [1.82, 2.24) is 9.80 Å². The van der Waals surface area contributed by atoms with Crippen molar-refractivity contribution in [1.29, 1.82) is 0 Å². The van der Waals surface area contributed by atoms with Crippen molar-refractivity contribution in [3.63, 3.8) is 0 Å². The average Bonchev–Trinajstić information content (AvgIpc) is 2.93. The Morgan fingerprint density at radius 2 is 1.80 bits per heavy atom. The second kappa shape index (κ2) is 5.56. The molecule has 5 nitrogen and oxygen atoms in total. The molecule has 5 heteroatoms. The molecule has 2 aliphatic heterocycles. The van der Waals surface area contributed by atoms with Crippen LogP contribution in [0.3, 0.4) is 0 Å². The molecule has 0 aromatic heterocycles. The normalized spacial score (nSPS) is 34.0. The summed E-state index contributed by atoms with van der Waals surface area (Å²) in [5, 5.41) is 9.29. The lowest BCUT2D eigenvalue weighted by molar-refractivity contribution is -0.151. The highest BCUT2D eigenvalue weighted by molar-refractivity contribution is 5.85. The minimum Gasteiger partial charge on any atom is -0.481 e. The molecule has 1 amide bonds. The molecule has 0 aromatic carbocycles. The third-order valence-corrected chi connectivity index (χ3v) is 4.97. The van der Waals surface area contributed by atoms with E-state index in [0.29, 0.717) is 18.9 Å². The second-order valence-corrected chi connectivity index (χ2v) is 6.11. The molecule has 20 heavy (non-hydrogen) atoms. The van der Waals surface area contributed by atoms with Gasteiger partial charge in [0.1, 0.15) is 0 Å². The van der Waals surface area contributed by atoms with E-state index in [1.807, 2.05) is 17.1 Å². The lowest BCUT2D eigenvalue weighted by Gasteiger charge is -2.40. The molecule has 2 saturated heterocycles. The number of amides is 1. The quantitative estimate of drug-likeness (QED) is 0.764. The summed E-state index contributed by atoms with van der Waals surface area (Å²) in [5.41, 5.74) is 0. The molecule has 1 aliphatic carbocycles. The summed E-state index contributed by atoms with van der Waals surface area (Å²) < 4.78 is 0. The smallest absolute Gasteiger partial charge is 0.307 e. The van der Waals surface area contributed by atoms with E-state index in [9.17, 15) is 14.7 Å². The maximum absolute atomic E-state index is 12.7. The first-order valence-electron chi connectivity index (χ1n) is 7.57. The van der Waals surface area contributed by atoms with Gasteiger partial charge in [-0.1, -0.05) is 12.2 Å². The minimum atomic E-state index is -0.841. The Hall–Kier alpha value is -1.36. The molecule has 0 bridgehead atoms. The Morgan fingerprint density at radius 1 is 1.05 bits per heavy atom. The maximum Gasteiger partial charge on any atom is 0.307 e. The number of hydrogen-bond acceptors (Lipinski definition) is 3. The van der Waals surface area contributed by atoms with Crippen LogP contribution in [0.5, 0.6) is 0 Å². The number of rotatable bonds is 2. The van der Waals surface area contributed by atoms with Crippen LogP contribution in [0.4, 0.5) is 0 Å². The van der Waals surface area contributed by atoms with Crippen molar-refractivity contribution in [3.8, 4) is 0 Å². The molecule has 3 atom stereocenters. The minimum absolute atomic E-state index is 0.0494. The molecule has 1 N–H and O–H groups in total. The van der Waals surface area contributed by atoms with Crippen LogP contribution in [0.2, 0.25) is 0 Å². The fraction of sp³-hybridized carbons (Fsp3) is 0.733. The topological polar surface area (TPSA) is 60.9 Å². The van der Waals surface area contributed by atoms with Crippen molar-refractivity contribution in [3.05, 3.63) is 12.2 Å². The molecular formula is C15H22N2O3. The summed E-state index contributed by atoms with van der Waals surface area (Å²) in [4.78, 5) is 28.4. The average molecular weight is 278 g/mol. The zero-order chi connectivity index (χ0) is 14.1. The predicted molar refractivity (Wildman–Crippen MR) is 74.2 cm³/mol. The first-order valence-corrected chi connectivity index (χ1v) is 7.57. The van der Waals surface area contributed by atoms with Gasteiger partial charge in [0, 0.05) is 25.7 Å². The standard InChI is InChI=1S/C15H22N2O3/c18-14(12-5-1-2-6-13(12)15(19)20)17-9-8-16-7-3-4-11(16)10-17/h1-2,11-13H,3-10H2,(H,19,20)/t11?,12-,13+/m1/s1. The van der Waals surface area contributed by atoms with E-state index in [-0.39, 0.29) is 11.8 Å². The van der Waals surface area contributed by atoms with Gasteiger partial charge in [0.05, 0.1) is 11.8 Å². The molecule has 0 spiro atoms. The molecule has 2 fully saturated rings. The van der Waals surface area contributed by atoms with Crippen LogP contribution >= 0.6 is 0 Å². The Bertz CT molecular complexity index is 435. The van der Waals surface area contributed by atoms with Gasteiger partial charge < -0.3 is 10.0 Å². The van der Waals surface area contributed by atoms with E-state index < -0.39 is 11.9 Å². The Balaban J connectivity index is 1.68. The van der Waals surface area contributed by atoms with Gasteiger partial charge in [0.25, 0.3) is 0 Å². The second-order valence-electron chi connectivity index (χ2n) is 6.11. The van der Waals surface area contributed by atoms with Gasteiger partial charge in [-0.2, -0.15) is 0 Å². The monoisotopic (exact) mass is 278 g/mol. The summed E-state index contributed by atoms with van der Waals surface area (Å²) in [7, 11) is 0. The van der Waals surface area contributed by atoms with E-state index in [1.54, 1.807) is 0 Å². The largest absolute Gasteiger partial charge is 0.481 e. The molecule has 110 valence electrons. The van der Waals surface area contributed by atoms with E-state index in [4.69, 9.17) is 0 Å². The maximum atomic E-state index is 12.7. The number of piperazine rings is 1. The molecule has 0 aromatic rings. The Kier molecular flexibility index (Phi) is 3.78. The van der Waals surface area contributed by atoms with Gasteiger partial charge in [0.15, 0.2) is 0 Å². The van der Waals surface area contributed by atoms with Crippen molar-refractivity contribution in [2.75, 3.05) is 26.2 Å². The lowest BCUT2D eigenvalue weighted by Crippen LogP contribution is -2.54. The third-order valence-electron chi connectivity index (χ3n) is 4.97. The Morgan fingerprint density at radius 3 is 2.55 bits per heavy atom. The van der Waals surface area contributed by atoms with E-state index in [1.165, 1.54) is 6.42 Å². The fourth-order valence-electron chi connectivity index (χ4n) is 3.79. The van der Waals surface area contributed by atoms with Crippen LogP contribution in [0, 0.1) is 11.8 Å². The molecule has 0 radical (unpaired) electrons. The van der Waals surface area contributed by atoms with Gasteiger partial charge in [-0.3, -0.25) is 14.5 Å². The number of carbonyl (C=O) groups is 2. The van der Waals surface area contributed by atoms with E-state index in [2.05, 4.69) is 4.90 Å². The highest BCUT2D eigenvalue weighted by Gasteiger charge is 2.39. The summed E-state index contributed by atoms with van der Waals surface area (Å²) >= 11 is 0. The summed E-state index contributed by atoms with van der Waals surface area (Å²) in [6, 6.07) is 0.495. The van der Waals surface area contributed by atoms with Crippen LogP contribution < -0.4 is 0 Å². The predicted octanol–water partition coefficient (Wildman–Crippen LogP) is 0.960. The van der Waals surface area contributed by atoms with E-state index >= 15 is 0 Å². The number of aliphatic carboxylic acids is 1. The molecule has 3 aliphatic rings. The van der Waals surface area contributed by atoms with Crippen LogP contribution in [-0.4, -0.2) is 59.0 Å². The number of carbonyl (C=O) groups excluding carboxylic acids is 1.